The molecule has 2 aromatic rings. The van der Waals surface area contributed by atoms with Crippen LogP contribution in [0.25, 0.3) is 0 Å². The second-order valence-electron chi connectivity index (χ2n) is 3.74. The highest BCUT2D eigenvalue weighted by Gasteiger charge is 2.14. The molecular weight excluding hydrogens is 298 g/mol. The monoisotopic (exact) mass is 309 g/mol. The van der Waals surface area contributed by atoms with Gasteiger partial charge in [0.25, 0.3) is 0 Å². The first-order valence-electron chi connectivity index (χ1n) is 5.51. The first-order valence-corrected chi connectivity index (χ1v) is 9.03. The summed E-state index contributed by atoms with van der Waals surface area (Å²) >= 11 is 3.15. The smallest absolute Gasteiger partial charge is 0.179 e. The van der Waals surface area contributed by atoms with E-state index in [0.717, 1.165) is 4.21 Å². The van der Waals surface area contributed by atoms with Gasteiger partial charge in [0.05, 0.1) is 26.5 Å². The summed E-state index contributed by atoms with van der Waals surface area (Å²) in [5.41, 5.74) is 0.465. The van der Waals surface area contributed by atoms with Crippen LogP contribution in [0.1, 0.15) is 5.56 Å². The maximum atomic E-state index is 12.1. The Morgan fingerprint density at radius 3 is 2.53 bits per heavy atom. The highest BCUT2D eigenvalue weighted by molar-refractivity contribution is 8.02. The van der Waals surface area contributed by atoms with Crippen LogP contribution in [0.2, 0.25) is 0 Å². The van der Waals surface area contributed by atoms with Gasteiger partial charge >= 0.3 is 0 Å². The SMILES string of the molecule is N#Cc1ccc(S(=O)(=O)CCSc2cccs2)cc1. The van der Waals surface area contributed by atoms with Gasteiger partial charge in [0.2, 0.25) is 0 Å². The average Bonchev–Trinajstić information content (AvgIpc) is 2.92. The van der Waals surface area contributed by atoms with Crippen molar-refractivity contribution in [3.8, 4) is 6.07 Å². The van der Waals surface area contributed by atoms with Crippen LogP contribution in [-0.4, -0.2) is 19.9 Å². The van der Waals surface area contributed by atoms with E-state index in [1.807, 2.05) is 23.6 Å². The molecule has 1 aromatic carbocycles. The third kappa shape index (κ3) is 3.83. The number of thiophene rings is 1. The molecule has 0 saturated carbocycles. The summed E-state index contributed by atoms with van der Waals surface area (Å²) in [5.74, 6) is 0.629. The number of nitriles is 1. The lowest BCUT2D eigenvalue weighted by molar-refractivity contribution is 0.597. The zero-order chi connectivity index (χ0) is 13.7. The van der Waals surface area contributed by atoms with Gasteiger partial charge in [0, 0.05) is 5.75 Å². The summed E-state index contributed by atoms with van der Waals surface area (Å²) in [6.45, 7) is 0. The Bertz CT molecular complexity index is 668. The zero-order valence-corrected chi connectivity index (χ0v) is 12.4. The lowest BCUT2D eigenvalue weighted by atomic mass is 10.2. The van der Waals surface area contributed by atoms with E-state index >= 15 is 0 Å². The number of nitrogens with zero attached hydrogens (tertiary/aromatic N) is 1. The van der Waals surface area contributed by atoms with Gasteiger partial charge in [-0.15, -0.1) is 23.1 Å². The number of rotatable bonds is 5. The number of hydrogen-bond acceptors (Lipinski definition) is 5. The van der Waals surface area contributed by atoms with Crippen molar-refractivity contribution in [2.45, 2.75) is 9.10 Å². The fourth-order valence-corrected chi connectivity index (χ4v) is 4.96. The Hall–Kier alpha value is -1.29. The Kier molecular flexibility index (Phi) is 4.64. The maximum Gasteiger partial charge on any atom is 0.179 e. The van der Waals surface area contributed by atoms with E-state index in [0.29, 0.717) is 11.3 Å². The van der Waals surface area contributed by atoms with E-state index in [4.69, 9.17) is 5.26 Å². The first-order chi connectivity index (χ1) is 9.12. The summed E-state index contributed by atoms with van der Waals surface area (Å²) in [4.78, 5) is 0.276. The van der Waals surface area contributed by atoms with Gasteiger partial charge < -0.3 is 0 Å². The highest BCUT2D eigenvalue weighted by atomic mass is 32.2. The molecule has 0 bridgehead atoms. The molecule has 0 saturated heterocycles. The molecule has 0 aliphatic rings. The third-order valence-electron chi connectivity index (χ3n) is 2.43. The normalized spacial score (nSPS) is 11.1. The lowest BCUT2D eigenvalue weighted by Gasteiger charge is -2.03. The minimum atomic E-state index is -3.26. The Morgan fingerprint density at radius 1 is 1.21 bits per heavy atom. The molecule has 0 aliphatic carbocycles. The molecule has 19 heavy (non-hydrogen) atoms. The molecule has 98 valence electrons. The van der Waals surface area contributed by atoms with Gasteiger partial charge in [0.15, 0.2) is 9.84 Å². The molecule has 0 N–H and O–H groups in total. The Labute approximate surface area is 120 Å². The fraction of sp³-hybridized carbons (Fsp3) is 0.154. The van der Waals surface area contributed by atoms with Crippen molar-refractivity contribution in [3.63, 3.8) is 0 Å². The summed E-state index contributed by atoms with van der Waals surface area (Å²) in [5, 5.41) is 10.6. The van der Waals surface area contributed by atoms with E-state index in [-0.39, 0.29) is 10.6 Å². The van der Waals surface area contributed by atoms with Crippen LogP contribution in [0.4, 0.5) is 0 Å². The standard InChI is InChI=1S/C13H11NO2S3/c14-10-11-3-5-12(6-4-11)19(15,16)9-8-18-13-2-1-7-17-13/h1-7H,8-9H2. The topological polar surface area (TPSA) is 57.9 Å². The van der Waals surface area contributed by atoms with Gasteiger partial charge in [-0.3, -0.25) is 0 Å². The van der Waals surface area contributed by atoms with E-state index in [1.54, 1.807) is 23.1 Å². The predicted molar refractivity (Wildman–Crippen MR) is 78.3 cm³/mol. The molecule has 3 nitrogen and oxygen atoms in total. The van der Waals surface area contributed by atoms with Crippen molar-refractivity contribution in [1.29, 1.82) is 5.26 Å². The van der Waals surface area contributed by atoms with Crippen LogP contribution in [0.3, 0.4) is 0 Å². The fourth-order valence-electron chi connectivity index (χ4n) is 1.45. The van der Waals surface area contributed by atoms with Crippen molar-refractivity contribution in [2.24, 2.45) is 0 Å². The quantitative estimate of drug-likeness (QED) is 0.796. The molecule has 2 rings (SSSR count). The largest absolute Gasteiger partial charge is 0.224 e. The van der Waals surface area contributed by atoms with Crippen molar-refractivity contribution in [1.82, 2.24) is 0 Å². The van der Waals surface area contributed by atoms with Gasteiger partial charge in [-0.05, 0) is 35.7 Å². The van der Waals surface area contributed by atoms with Crippen LogP contribution < -0.4 is 0 Å². The minimum Gasteiger partial charge on any atom is -0.224 e. The molecule has 6 heteroatoms. The van der Waals surface area contributed by atoms with Crippen molar-refractivity contribution in [2.75, 3.05) is 11.5 Å². The summed E-state index contributed by atoms with van der Waals surface area (Å²) in [6, 6.07) is 11.9. The van der Waals surface area contributed by atoms with Crippen LogP contribution in [-0.2, 0) is 9.84 Å². The number of thioether (sulfide) groups is 1. The van der Waals surface area contributed by atoms with Gasteiger partial charge in [-0.2, -0.15) is 5.26 Å². The molecule has 0 unspecified atom stereocenters. The number of sulfone groups is 1. The second kappa shape index (κ2) is 6.24. The molecule has 0 atom stereocenters. The molecule has 1 heterocycles. The summed E-state index contributed by atoms with van der Waals surface area (Å²) in [6.07, 6.45) is 0. The van der Waals surface area contributed by atoms with Gasteiger partial charge in [-0.25, -0.2) is 8.42 Å². The molecular formula is C13H11NO2S3. The molecule has 0 amide bonds. The molecule has 0 radical (unpaired) electrons. The van der Waals surface area contributed by atoms with Crippen LogP contribution in [0.5, 0.6) is 0 Å². The number of benzene rings is 1. The predicted octanol–water partition coefficient (Wildman–Crippen LogP) is 3.19. The van der Waals surface area contributed by atoms with E-state index < -0.39 is 9.84 Å². The van der Waals surface area contributed by atoms with Crippen molar-refractivity contribution >= 4 is 32.9 Å². The van der Waals surface area contributed by atoms with E-state index in [2.05, 4.69) is 0 Å². The Morgan fingerprint density at radius 2 is 1.95 bits per heavy atom. The summed E-state index contributed by atoms with van der Waals surface area (Å²) < 4.78 is 25.3. The lowest BCUT2D eigenvalue weighted by Crippen LogP contribution is -2.08. The highest BCUT2D eigenvalue weighted by Crippen LogP contribution is 2.24. The molecule has 1 aromatic heterocycles. The average molecular weight is 309 g/mol. The second-order valence-corrected chi connectivity index (χ2v) is 8.19. The first kappa shape index (κ1) is 14.1. The van der Waals surface area contributed by atoms with E-state index in [9.17, 15) is 8.42 Å². The zero-order valence-electron chi connectivity index (χ0n) is 9.94. The Balaban J connectivity index is 1.99. The molecule has 0 fully saturated rings. The maximum absolute atomic E-state index is 12.1. The van der Waals surface area contributed by atoms with Crippen molar-refractivity contribution in [3.05, 3.63) is 47.3 Å². The third-order valence-corrected chi connectivity index (χ3v) is 6.56. The van der Waals surface area contributed by atoms with Crippen LogP contribution >= 0.6 is 23.1 Å². The minimum absolute atomic E-state index is 0.0987. The molecule has 0 spiro atoms. The van der Waals surface area contributed by atoms with Gasteiger partial charge in [0.1, 0.15) is 0 Å². The van der Waals surface area contributed by atoms with Crippen LogP contribution in [0, 0.1) is 11.3 Å². The van der Waals surface area contributed by atoms with Crippen LogP contribution in [0.15, 0.2) is 50.9 Å². The van der Waals surface area contributed by atoms with Crippen molar-refractivity contribution < 1.29 is 8.42 Å². The molecule has 0 aliphatic heterocycles. The number of hydrogen-bond donors (Lipinski definition) is 0. The summed E-state index contributed by atoms with van der Waals surface area (Å²) in [7, 11) is -3.26. The van der Waals surface area contributed by atoms with Gasteiger partial charge in [-0.1, -0.05) is 6.07 Å². The van der Waals surface area contributed by atoms with E-state index in [1.165, 1.54) is 24.3 Å².